The minimum absolute atomic E-state index is 0.105. The Balaban J connectivity index is 2.23. The molecule has 4 heteroatoms. The molecule has 0 radical (unpaired) electrons. The van der Waals surface area contributed by atoms with E-state index >= 15 is 0 Å². The van der Waals surface area contributed by atoms with Gasteiger partial charge in [-0.25, -0.2) is 0 Å². The Morgan fingerprint density at radius 2 is 1.81 bits per heavy atom. The van der Waals surface area contributed by atoms with Crippen LogP contribution in [0.3, 0.4) is 0 Å². The highest BCUT2D eigenvalue weighted by atomic mass is 35.5. The van der Waals surface area contributed by atoms with E-state index in [1.54, 1.807) is 6.20 Å². The molecule has 1 aromatic heterocycles. The van der Waals surface area contributed by atoms with Gasteiger partial charge >= 0.3 is 0 Å². The highest BCUT2D eigenvalue weighted by Gasteiger charge is 2.46. The zero-order chi connectivity index (χ0) is 19.5. The number of nitrogens with zero attached hydrogens (tertiary/aromatic N) is 1. The predicted molar refractivity (Wildman–Crippen MR) is 115 cm³/mol. The highest BCUT2D eigenvalue weighted by Crippen LogP contribution is 2.55. The molecule has 1 aliphatic rings. The summed E-state index contributed by atoms with van der Waals surface area (Å²) >= 11 is 6.60. The number of hydrogen-bond donors (Lipinski definition) is 0. The van der Waals surface area contributed by atoms with Gasteiger partial charge in [0, 0.05) is 18.0 Å². The summed E-state index contributed by atoms with van der Waals surface area (Å²) in [4.78, 5) is 4.26. The maximum Gasteiger partial charge on any atom is 0.192 e. The van der Waals surface area contributed by atoms with E-state index in [1.165, 1.54) is 36.5 Å². The van der Waals surface area contributed by atoms with Gasteiger partial charge in [-0.1, -0.05) is 53.1 Å². The first kappa shape index (κ1) is 21.9. The molecule has 26 heavy (non-hydrogen) atoms. The molecule has 148 valence electrons. The molecule has 1 fully saturated rings. The molecule has 1 saturated carbocycles. The van der Waals surface area contributed by atoms with Crippen LogP contribution in [0.1, 0.15) is 78.0 Å². The Morgan fingerprint density at radius 1 is 1.23 bits per heavy atom. The van der Waals surface area contributed by atoms with Crippen LogP contribution >= 0.6 is 11.6 Å². The third kappa shape index (κ3) is 5.11. The van der Waals surface area contributed by atoms with Crippen molar-refractivity contribution in [1.82, 2.24) is 4.98 Å². The van der Waals surface area contributed by atoms with Crippen molar-refractivity contribution >= 4 is 19.9 Å². The van der Waals surface area contributed by atoms with Crippen LogP contribution in [0, 0.1) is 24.2 Å². The number of aromatic nitrogens is 1. The van der Waals surface area contributed by atoms with Gasteiger partial charge in [-0.3, -0.25) is 4.98 Å². The van der Waals surface area contributed by atoms with Crippen molar-refractivity contribution in [3.05, 3.63) is 28.5 Å². The fourth-order valence-electron chi connectivity index (χ4n) is 4.40. The molecule has 1 aromatic rings. The average Bonchev–Trinajstić information content (AvgIpc) is 3.18. The van der Waals surface area contributed by atoms with Crippen molar-refractivity contribution in [3.63, 3.8) is 0 Å². The molecule has 3 unspecified atom stereocenters. The summed E-state index contributed by atoms with van der Waals surface area (Å²) in [5.41, 5.74) is 2.88. The van der Waals surface area contributed by atoms with Crippen molar-refractivity contribution < 1.29 is 4.43 Å². The van der Waals surface area contributed by atoms with Gasteiger partial charge in [0.05, 0.1) is 11.1 Å². The molecule has 1 aliphatic carbocycles. The Hall–Kier alpha value is -0.383. The number of halogens is 1. The average molecular weight is 396 g/mol. The summed E-state index contributed by atoms with van der Waals surface area (Å²) < 4.78 is 6.98. The fourth-order valence-corrected chi connectivity index (χ4v) is 7.55. The van der Waals surface area contributed by atoms with Crippen LogP contribution in [0.4, 0.5) is 0 Å². The first-order chi connectivity index (χ1) is 12.2. The van der Waals surface area contributed by atoms with E-state index < -0.39 is 8.32 Å². The minimum atomic E-state index is -1.71. The molecule has 0 aliphatic heterocycles. The van der Waals surface area contributed by atoms with Crippen LogP contribution in [-0.4, -0.2) is 13.3 Å². The van der Waals surface area contributed by atoms with E-state index in [2.05, 4.69) is 53.5 Å². The van der Waals surface area contributed by atoms with Gasteiger partial charge in [0.25, 0.3) is 0 Å². The number of aryl methyl sites for hydroxylation is 1. The normalized spacial score (nSPS) is 21.5. The molecule has 0 saturated heterocycles. The highest BCUT2D eigenvalue weighted by molar-refractivity contribution is 6.73. The van der Waals surface area contributed by atoms with Crippen molar-refractivity contribution in [2.45, 2.75) is 92.0 Å². The molecular formula is C22H38ClNOSi. The third-order valence-corrected chi connectivity index (χ3v) is 11.8. The lowest BCUT2D eigenvalue weighted by atomic mass is 9.91. The van der Waals surface area contributed by atoms with Crippen molar-refractivity contribution in [3.8, 4) is 0 Å². The molecule has 0 amide bonds. The Labute approximate surface area is 167 Å². The molecule has 0 spiro atoms. The maximum atomic E-state index is 6.98. The Morgan fingerprint density at radius 3 is 2.27 bits per heavy atom. The second-order valence-corrected chi connectivity index (χ2v) is 14.3. The van der Waals surface area contributed by atoms with E-state index in [9.17, 15) is 0 Å². The molecule has 0 bridgehead atoms. The molecular weight excluding hydrogens is 358 g/mol. The zero-order valence-corrected chi connectivity index (χ0v) is 19.6. The van der Waals surface area contributed by atoms with E-state index in [-0.39, 0.29) is 6.10 Å². The van der Waals surface area contributed by atoms with Gasteiger partial charge in [-0.15, -0.1) is 0 Å². The molecule has 2 nitrogen and oxygen atoms in total. The summed E-state index contributed by atoms with van der Waals surface area (Å²) in [7, 11) is -1.71. The SMILES string of the molecule is CC[Si](CC)(CC)OC(CC(C)CC1CC1(C)C)c1c(C)cncc1Cl. The van der Waals surface area contributed by atoms with Crippen molar-refractivity contribution in [2.75, 3.05) is 0 Å². The standard InChI is InChI=1S/C22H38ClNOSi/c1-8-26(9-2,10-3)25-20(21-17(5)14-24-15-19(21)23)12-16(4)11-18-13-22(18,6)7/h14-16,18,20H,8-13H2,1-7H3. The van der Waals surface area contributed by atoms with Crippen molar-refractivity contribution in [1.29, 1.82) is 0 Å². The van der Waals surface area contributed by atoms with Crippen LogP contribution in [0.2, 0.25) is 23.2 Å². The van der Waals surface area contributed by atoms with Gasteiger partial charge in [-0.2, -0.15) is 0 Å². The van der Waals surface area contributed by atoms with Crippen molar-refractivity contribution in [2.24, 2.45) is 17.3 Å². The molecule has 0 N–H and O–H groups in total. The minimum Gasteiger partial charge on any atom is -0.410 e. The summed E-state index contributed by atoms with van der Waals surface area (Å²) in [5.74, 6) is 1.52. The van der Waals surface area contributed by atoms with E-state index in [1.807, 2.05) is 6.20 Å². The largest absolute Gasteiger partial charge is 0.410 e. The summed E-state index contributed by atoms with van der Waals surface area (Å²) in [6.45, 7) is 16.2. The van der Waals surface area contributed by atoms with Gasteiger partial charge in [0.15, 0.2) is 8.32 Å². The summed E-state index contributed by atoms with van der Waals surface area (Å²) in [6, 6.07) is 3.51. The molecule has 0 aromatic carbocycles. The molecule has 1 heterocycles. The van der Waals surface area contributed by atoms with Gasteiger partial charge < -0.3 is 4.43 Å². The smallest absolute Gasteiger partial charge is 0.192 e. The van der Waals surface area contributed by atoms with Gasteiger partial charge in [-0.05, 0) is 67.1 Å². The third-order valence-electron chi connectivity index (χ3n) is 6.81. The van der Waals surface area contributed by atoms with Gasteiger partial charge in [0.1, 0.15) is 0 Å². The number of rotatable bonds is 10. The number of pyridine rings is 1. The number of hydrogen-bond acceptors (Lipinski definition) is 2. The Bertz CT molecular complexity index is 571. The first-order valence-corrected chi connectivity index (χ1v) is 13.4. The van der Waals surface area contributed by atoms with Crippen LogP contribution < -0.4 is 0 Å². The van der Waals surface area contributed by atoms with Crippen LogP contribution in [-0.2, 0) is 4.43 Å². The predicted octanol–water partition coefficient (Wildman–Crippen LogP) is 7.57. The second kappa shape index (κ2) is 8.75. The Kier molecular flexibility index (Phi) is 7.37. The molecule has 3 atom stereocenters. The maximum absolute atomic E-state index is 6.98. The summed E-state index contributed by atoms with van der Waals surface area (Å²) in [5, 5.41) is 0.764. The molecule has 2 rings (SSSR count). The van der Waals surface area contributed by atoms with Crippen LogP contribution in [0.5, 0.6) is 0 Å². The monoisotopic (exact) mass is 395 g/mol. The zero-order valence-electron chi connectivity index (χ0n) is 17.9. The van der Waals surface area contributed by atoms with Crippen LogP contribution in [0.25, 0.3) is 0 Å². The van der Waals surface area contributed by atoms with E-state index in [0.717, 1.165) is 22.9 Å². The topological polar surface area (TPSA) is 22.1 Å². The van der Waals surface area contributed by atoms with E-state index in [4.69, 9.17) is 16.0 Å². The first-order valence-electron chi connectivity index (χ1n) is 10.5. The lowest BCUT2D eigenvalue weighted by Crippen LogP contribution is -2.38. The lowest BCUT2D eigenvalue weighted by Gasteiger charge is -2.35. The second-order valence-electron chi connectivity index (χ2n) is 9.17. The fraction of sp³-hybridized carbons (Fsp3) is 0.773. The van der Waals surface area contributed by atoms with Gasteiger partial charge in [0.2, 0.25) is 0 Å². The van der Waals surface area contributed by atoms with Crippen LogP contribution in [0.15, 0.2) is 12.4 Å². The lowest BCUT2D eigenvalue weighted by molar-refractivity contribution is 0.153. The summed E-state index contributed by atoms with van der Waals surface area (Å²) in [6.07, 6.45) is 7.55. The van der Waals surface area contributed by atoms with E-state index in [0.29, 0.717) is 11.3 Å². The quantitative estimate of drug-likeness (QED) is 0.381.